The first-order chi connectivity index (χ1) is 13.5. The molecule has 0 saturated carbocycles. The number of amides is 1. The molecule has 2 aromatic carbocycles. The number of hydrazone groups is 1. The third-order valence-corrected chi connectivity index (χ3v) is 3.95. The lowest BCUT2D eigenvalue weighted by atomic mass is 10.1. The maximum Gasteiger partial charge on any atom is 0.275 e. The van der Waals surface area contributed by atoms with E-state index in [1.165, 1.54) is 25.5 Å². The topological polar surface area (TPSA) is 107 Å². The van der Waals surface area contributed by atoms with E-state index in [0.717, 1.165) is 5.56 Å². The van der Waals surface area contributed by atoms with E-state index in [1.54, 1.807) is 36.4 Å². The Labute approximate surface area is 160 Å². The van der Waals surface area contributed by atoms with E-state index in [9.17, 15) is 14.9 Å². The highest BCUT2D eigenvalue weighted by Gasteiger charge is 2.12. The molecule has 3 rings (SSSR count). The van der Waals surface area contributed by atoms with Crippen LogP contribution in [0.25, 0.3) is 11.3 Å². The van der Waals surface area contributed by atoms with Crippen molar-refractivity contribution in [1.82, 2.24) is 5.43 Å². The minimum Gasteiger partial charge on any atom is -0.496 e. The van der Waals surface area contributed by atoms with Crippen molar-refractivity contribution in [3.63, 3.8) is 0 Å². The minimum absolute atomic E-state index is 0.00587. The van der Waals surface area contributed by atoms with Crippen molar-refractivity contribution in [3.05, 3.63) is 81.6 Å². The number of hydrogen-bond donors (Lipinski definition) is 1. The van der Waals surface area contributed by atoms with E-state index < -0.39 is 10.8 Å². The third kappa shape index (κ3) is 4.24. The van der Waals surface area contributed by atoms with Crippen molar-refractivity contribution < 1.29 is 18.9 Å². The van der Waals surface area contributed by atoms with Gasteiger partial charge in [-0.05, 0) is 48.9 Å². The molecule has 0 aliphatic heterocycles. The van der Waals surface area contributed by atoms with Crippen LogP contribution in [-0.2, 0) is 0 Å². The molecule has 0 spiro atoms. The summed E-state index contributed by atoms with van der Waals surface area (Å²) in [6.07, 6.45) is 1.37. The van der Waals surface area contributed by atoms with Gasteiger partial charge in [-0.1, -0.05) is 6.07 Å². The van der Waals surface area contributed by atoms with Crippen molar-refractivity contribution in [2.75, 3.05) is 7.11 Å². The molecule has 28 heavy (non-hydrogen) atoms. The molecule has 0 bridgehead atoms. The fraction of sp³-hybridized carbons (Fsp3) is 0.100. The number of aryl methyl sites for hydroxylation is 1. The number of nitro groups is 1. The maximum atomic E-state index is 12.2. The van der Waals surface area contributed by atoms with Gasteiger partial charge in [-0.2, -0.15) is 5.10 Å². The van der Waals surface area contributed by atoms with Crippen LogP contribution in [0.4, 0.5) is 5.69 Å². The summed E-state index contributed by atoms with van der Waals surface area (Å²) in [5.74, 6) is 1.01. The van der Waals surface area contributed by atoms with E-state index in [0.29, 0.717) is 28.4 Å². The lowest BCUT2D eigenvalue weighted by molar-refractivity contribution is -0.384. The van der Waals surface area contributed by atoms with Crippen LogP contribution < -0.4 is 10.2 Å². The Bertz CT molecular complexity index is 1040. The first-order valence-corrected chi connectivity index (χ1v) is 8.30. The number of hydrogen-bond acceptors (Lipinski definition) is 6. The van der Waals surface area contributed by atoms with Crippen LogP contribution >= 0.6 is 0 Å². The van der Waals surface area contributed by atoms with Gasteiger partial charge in [-0.15, -0.1) is 0 Å². The molecular weight excluding hydrogens is 362 g/mol. The highest BCUT2D eigenvalue weighted by atomic mass is 16.6. The van der Waals surface area contributed by atoms with Crippen molar-refractivity contribution in [3.8, 4) is 17.1 Å². The zero-order chi connectivity index (χ0) is 20.1. The molecule has 0 radical (unpaired) electrons. The van der Waals surface area contributed by atoms with Crippen molar-refractivity contribution in [1.29, 1.82) is 0 Å². The van der Waals surface area contributed by atoms with Crippen LogP contribution in [0.3, 0.4) is 0 Å². The largest absolute Gasteiger partial charge is 0.496 e. The average molecular weight is 379 g/mol. The summed E-state index contributed by atoms with van der Waals surface area (Å²) in [6, 6.07) is 14.6. The van der Waals surface area contributed by atoms with E-state index in [1.807, 2.05) is 13.0 Å². The number of carbonyl (C=O) groups excluding carboxylic acids is 1. The molecule has 1 amide bonds. The van der Waals surface area contributed by atoms with Gasteiger partial charge in [0.1, 0.15) is 17.3 Å². The Morgan fingerprint density at radius 1 is 1.18 bits per heavy atom. The molecule has 142 valence electrons. The summed E-state index contributed by atoms with van der Waals surface area (Å²) in [5.41, 5.74) is 4.47. The molecule has 0 unspecified atom stereocenters. The van der Waals surface area contributed by atoms with Crippen LogP contribution in [0.5, 0.6) is 5.75 Å². The fourth-order valence-electron chi connectivity index (χ4n) is 2.53. The molecule has 0 fully saturated rings. The number of non-ortho nitro benzene ring substituents is 1. The Morgan fingerprint density at radius 3 is 2.61 bits per heavy atom. The predicted octanol–water partition coefficient (Wildman–Crippen LogP) is 3.94. The molecule has 0 aliphatic rings. The number of nitrogens with one attached hydrogen (secondary N) is 1. The Hall–Kier alpha value is -3.94. The minimum atomic E-state index is -0.463. The van der Waals surface area contributed by atoms with Crippen LogP contribution in [0.15, 0.2) is 64.1 Å². The van der Waals surface area contributed by atoms with E-state index in [-0.39, 0.29) is 5.69 Å². The number of benzene rings is 2. The lowest BCUT2D eigenvalue weighted by Crippen LogP contribution is -2.18. The Kier molecular flexibility index (Phi) is 5.50. The number of carbonyl (C=O) groups is 1. The molecule has 1 heterocycles. The second-order valence-electron chi connectivity index (χ2n) is 5.91. The number of furan rings is 1. The molecule has 1 aromatic heterocycles. The van der Waals surface area contributed by atoms with Gasteiger partial charge >= 0.3 is 0 Å². The average Bonchev–Trinajstić information content (AvgIpc) is 3.16. The fourth-order valence-corrected chi connectivity index (χ4v) is 2.53. The molecule has 0 atom stereocenters. The Balaban J connectivity index is 1.67. The van der Waals surface area contributed by atoms with Gasteiger partial charge in [-0.25, -0.2) is 5.43 Å². The molecule has 0 saturated heterocycles. The van der Waals surface area contributed by atoms with E-state index in [2.05, 4.69) is 10.5 Å². The van der Waals surface area contributed by atoms with Gasteiger partial charge in [0.15, 0.2) is 0 Å². The molecule has 3 aromatic rings. The number of methoxy groups -OCH3 is 1. The number of nitrogens with zero attached hydrogens (tertiary/aromatic N) is 2. The second kappa shape index (κ2) is 8.17. The summed E-state index contributed by atoms with van der Waals surface area (Å²) >= 11 is 0. The normalized spacial score (nSPS) is 10.8. The van der Waals surface area contributed by atoms with Crippen molar-refractivity contribution >= 4 is 17.8 Å². The molecule has 8 heteroatoms. The highest BCUT2D eigenvalue weighted by molar-refractivity contribution is 5.97. The van der Waals surface area contributed by atoms with Crippen LogP contribution in [-0.4, -0.2) is 24.2 Å². The van der Waals surface area contributed by atoms with Crippen molar-refractivity contribution in [2.45, 2.75) is 6.92 Å². The quantitative estimate of drug-likeness (QED) is 0.397. The SMILES string of the molecule is COc1cc(C)ccc1C(=O)N/N=C\c1ccc(-c2ccc([N+](=O)[O-])cc2)o1. The molecule has 1 N–H and O–H groups in total. The van der Waals surface area contributed by atoms with Gasteiger partial charge in [0.25, 0.3) is 11.6 Å². The second-order valence-corrected chi connectivity index (χ2v) is 5.91. The monoisotopic (exact) mass is 379 g/mol. The highest BCUT2D eigenvalue weighted by Crippen LogP contribution is 2.24. The van der Waals surface area contributed by atoms with Gasteiger partial charge in [0, 0.05) is 17.7 Å². The molecular formula is C20H17N3O5. The van der Waals surface area contributed by atoms with E-state index >= 15 is 0 Å². The smallest absolute Gasteiger partial charge is 0.275 e. The third-order valence-electron chi connectivity index (χ3n) is 3.95. The van der Waals surface area contributed by atoms with Gasteiger partial charge in [0.2, 0.25) is 0 Å². The molecule has 8 nitrogen and oxygen atoms in total. The van der Waals surface area contributed by atoms with Crippen LogP contribution in [0, 0.1) is 17.0 Å². The number of ether oxygens (including phenoxy) is 1. The van der Waals surface area contributed by atoms with Gasteiger partial charge in [-0.3, -0.25) is 14.9 Å². The van der Waals surface area contributed by atoms with Crippen LogP contribution in [0.2, 0.25) is 0 Å². The predicted molar refractivity (Wildman–Crippen MR) is 104 cm³/mol. The number of rotatable bonds is 6. The summed E-state index contributed by atoms with van der Waals surface area (Å²) in [7, 11) is 1.50. The number of nitro benzene ring substituents is 1. The lowest BCUT2D eigenvalue weighted by Gasteiger charge is -2.07. The maximum absolute atomic E-state index is 12.2. The van der Waals surface area contributed by atoms with Crippen molar-refractivity contribution in [2.24, 2.45) is 5.10 Å². The summed E-state index contributed by atoms with van der Waals surface area (Å²) in [6.45, 7) is 1.90. The summed E-state index contributed by atoms with van der Waals surface area (Å²) in [4.78, 5) is 22.5. The van der Waals surface area contributed by atoms with E-state index in [4.69, 9.17) is 9.15 Å². The molecule has 0 aliphatic carbocycles. The summed E-state index contributed by atoms with van der Waals surface area (Å²) < 4.78 is 10.8. The first-order valence-electron chi connectivity index (χ1n) is 8.30. The first kappa shape index (κ1) is 18.8. The standard InChI is InChI=1S/C20H17N3O5/c1-13-3-9-17(19(11-13)27-2)20(24)22-21-12-16-8-10-18(28-16)14-4-6-15(7-5-14)23(25)26/h3-12H,1-2H3,(H,22,24)/b21-12-. The zero-order valence-electron chi connectivity index (χ0n) is 15.2. The Morgan fingerprint density at radius 2 is 1.93 bits per heavy atom. The van der Waals surface area contributed by atoms with Crippen LogP contribution in [0.1, 0.15) is 21.7 Å². The van der Waals surface area contributed by atoms with Gasteiger partial charge in [0.05, 0.1) is 23.8 Å². The van der Waals surface area contributed by atoms with Gasteiger partial charge < -0.3 is 9.15 Å². The zero-order valence-corrected chi connectivity index (χ0v) is 15.2. The summed E-state index contributed by atoms with van der Waals surface area (Å²) in [5, 5.41) is 14.6.